The van der Waals surface area contributed by atoms with Crippen LogP contribution in [0, 0.1) is 6.92 Å². The molecule has 0 aliphatic heterocycles. The number of rotatable bonds is 5. The summed E-state index contributed by atoms with van der Waals surface area (Å²) in [7, 11) is 0. The molecule has 0 bridgehead atoms. The van der Waals surface area contributed by atoms with Crippen molar-refractivity contribution in [2.75, 3.05) is 5.32 Å². The Balaban J connectivity index is 2.24. The summed E-state index contributed by atoms with van der Waals surface area (Å²) in [6.45, 7) is 3.76. The van der Waals surface area contributed by atoms with E-state index < -0.39 is 5.97 Å². The highest BCUT2D eigenvalue weighted by molar-refractivity contribution is 5.97. The topological polar surface area (TPSA) is 69.2 Å². The minimum atomic E-state index is -1.26. The molecule has 0 radical (unpaired) electrons. The van der Waals surface area contributed by atoms with Crippen molar-refractivity contribution in [1.29, 1.82) is 0 Å². The normalized spacial score (nSPS) is 11.7. The van der Waals surface area contributed by atoms with Crippen LogP contribution in [0.5, 0.6) is 0 Å². The van der Waals surface area contributed by atoms with E-state index >= 15 is 0 Å². The van der Waals surface area contributed by atoms with E-state index in [-0.39, 0.29) is 17.4 Å². The van der Waals surface area contributed by atoms with Gasteiger partial charge in [-0.3, -0.25) is 4.79 Å². The lowest BCUT2D eigenvalue weighted by atomic mass is 9.95. The van der Waals surface area contributed by atoms with Crippen molar-refractivity contribution in [2.45, 2.75) is 26.2 Å². The Morgan fingerprint density at radius 2 is 1.82 bits per heavy atom. The molecule has 1 amide bonds. The Hall–Kier alpha value is -2.62. The molecule has 0 spiro atoms. The summed E-state index contributed by atoms with van der Waals surface area (Å²) in [5.74, 6) is -1.68. The zero-order chi connectivity index (χ0) is 16.1. The molecule has 114 valence electrons. The Morgan fingerprint density at radius 3 is 2.41 bits per heavy atom. The first kappa shape index (κ1) is 15.8. The van der Waals surface area contributed by atoms with Crippen LogP contribution in [0.3, 0.4) is 0 Å². The number of nitrogens with one attached hydrogen (secondary N) is 1. The fourth-order valence-electron chi connectivity index (χ4n) is 2.36. The first-order chi connectivity index (χ1) is 10.5. The Labute approximate surface area is 129 Å². The average Bonchev–Trinajstić information content (AvgIpc) is 2.51. The number of hydrogen-bond donors (Lipinski definition) is 1. The predicted molar refractivity (Wildman–Crippen MR) is 83.6 cm³/mol. The summed E-state index contributed by atoms with van der Waals surface area (Å²) < 4.78 is 0. The third-order valence-electron chi connectivity index (χ3n) is 3.66. The van der Waals surface area contributed by atoms with E-state index in [2.05, 4.69) is 5.32 Å². The number of aromatic carboxylic acids is 1. The van der Waals surface area contributed by atoms with Crippen molar-refractivity contribution >= 4 is 17.6 Å². The maximum absolute atomic E-state index is 12.5. The number of carbonyl (C=O) groups excluding carboxylic acids is 2. The Kier molecular flexibility index (Phi) is 4.94. The number of carboxylic acids is 1. The highest BCUT2D eigenvalue weighted by Crippen LogP contribution is 2.23. The molecule has 0 fully saturated rings. The minimum Gasteiger partial charge on any atom is -0.545 e. The lowest BCUT2D eigenvalue weighted by Gasteiger charge is -2.17. The van der Waals surface area contributed by atoms with Gasteiger partial charge in [-0.2, -0.15) is 0 Å². The van der Waals surface area contributed by atoms with Gasteiger partial charge in [-0.1, -0.05) is 49.4 Å². The number of anilines is 1. The molecule has 2 rings (SSSR count). The zero-order valence-corrected chi connectivity index (χ0v) is 12.6. The molecule has 22 heavy (non-hydrogen) atoms. The molecule has 2 aromatic rings. The third-order valence-corrected chi connectivity index (χ3v) is 3.66. The molecular weight excluding hydrogens is 278 g/mol. The molecule has 0 aliphatic rings. The summed E-state index contributed by atoms with van der Waals surface area (Å²) in [6, 6.07) is 14.1. The van der Waals surface area contributed by atoms with Crippen LogP contribution in [-0.4, -0.2) is 11.9 Å². The lowest BCUT2D eigenvalue weighted by molar-refractivity contribution is -0.255. The van der Waals surface area contributed by atoms with E-state index in [1.54, 1.807) is 6.07 Å². The second-order valence-corrected chi connectivity index (χ2v) is 5.18. The summed E-state index contributed by atoms with van der Waals surface area (Å²) in [4.78, 5) is 23.4. The van der Waals surface area contributed by atoms with E-state index in [4.69, 9.17) is 0 Å². The average molecular weight is 296 g/mol. The molecule has 0 aromatic heterocycles. The summed E-state index contributed by atoms with van der Waals surface area (Å²) in [6.07, 6.45) is 0.662. The van der Waals surface area contributed by atoms with Crippen LogP contribution in [0.2, 0.25) is 0 Å². The van der Waals surface area contributed by atoms with Gasteiger partial charge in [0.2, 0.25) is 5.91 Å². The van der Waals surface area contributed by atoms with E-state index in [1.807, 2.05) is 44.2 Å². The Morgan fingerprint density at radius 1 is 1.14 bits per heavy atom. The second-order valence-electron chi connectivity index (χ2n) is 5.18. The van der Waals surface area contributed by atoms with E-state index in [0.717, 1.165) is 11.1 Å². The summed E-state index contributed by atoms with van der Waals surface area (Å²) >= 11 is 0. The van der Waals surface area contributed by atoms with Crippen LogP contribution >= 0.6 is 0 Å². The van der Waals surface area contributed by atoms with Crippen molar-refractivity contribution in [2.24, 2.45) is 0 Å². The summed E-state index contributed by atoms with van der Waals surface area (Å²) in [5.41, 5.74) is 2.30. The number of aryl methyl sites for hydroxylation is 1. The van der Waals surface area contributed by atoms with Crippen LogP contribution < -0.4 is 10.4 Å². The zero-order valence-electron chi connectivity index (χ0n) is 12.6. The second kappa shape index (κ2) is 6.89. The van der Waals surface area contributed by atoms with Gasteiger partial charge in [0.1, 0.15) is 0 Å². The van der Waals surface area contributed by atoms with Gasteiger partial charge in [0.25, 0.3) is 0 Å². The quantitative estimate of drug-likeness (QED) is 0.921. The molecule has 0 saturated carbocycles. The van der Waals surface area contributed by atoms with Crippen LogP contribution in [0.15, 0.2) is 48.5 Å². The first-order valence-corrected chi connectivity index (χ1v) is 7.20. The van der Waals surface area contributed by atoms with Gasteiger partial charge < -0.3 is 15.2 Å². The fraction of sp³-hybridized carbons (Fsp3) is 0.222. The van der Waals surface area contributed by atoms with E-state index in [1.165, 1.54) is 12.1 Å². The van der Waals surface area contributed by atoms with Crippen molar-refractivity contribution in [1.82, 2.24) is 0 Å². The molecule has 4 nitrogen and oxygen atoms in total. The van der Waals surface area contributed by atoms with Crippen LogP contribution in [0.4, 0.5) is 5.69 Å². The largest absolute Gasteiger partial charge is 0.545 e. The predicted octanol–water partition coefficient (Wildman–Crippen LogP) is 2.49. The third kappa shape index (κ3) is 3.52. The highest BCUT2D eigenvalue weighted by Gasteiger charge is 2.19. The fourth-order valence-corrected chi connectivity index (χ4v) is 2.36. The minimum absolute atomic E-state index is 0.0497. The van der Waals surface area contributed by atoms with Crippen LogP contribution in [0.25, 0.3) is 0 Å². The maximum atomic E-state index is 12.5. The number of carbonyl (C=O) groups is 2. The van der Waals surface area contributed by atoms with E-state index in [0.29, 0.717) is 12.1 Å². The van der Waals surface area contributed by atoms with Gasteiger partial charge in [-0.25, -0.2) is 0 Å². The maximum Gasteiger partial charge on any atom is 0.231 e. The van der Waals surface area contributed by atoms with Crippen molar-refractivity contribution in [3.05, 3.63) is 65.2 Å². The molecule has 2 aromatic carbocycles. The number of carboxylic acid groups (broad SMARTS) is 1. The lowest BCUT2D eigenvalue weighted by Crippen LogP contribution is -2.24. The molecular formula is C18H18NO3-. The van der Waals surface area contributed by atoms with Gasteiger partial charge in [0.05, 0.1) is 11.9 Å². The molecule has 0 unspecified atom stereocenters. The number of amides is 1. The SMILES string of the molecule is CC[C@@H](C(=O)Nc1cc(C(=O)[O-])ccc1C)c1ccccc1. The molecule has 4 heteroatoms. The Bertz CT molecular complexity index is 680. The molecule has 0 heterocycles. The van der Waals surface area contributed by atoms with Gasteiger partial charge >= 0.3 is 0 Å². The monoisotopic (exact) mass is 296 g/mol. The molecule has 0 saturated heterocycles. The van der Waals surface area contributed by atoms with Crippen LogP contribution in [0.1, 0.15) is 40.7 Å². The van der Waals surface area contributed by atoms with Gasteiger partial charge in [-0.15, -0.1) is 0 Å². The van der Waals surface area contributed by atoms with Gasteiger partial charge in [-0.05, 0) is 36.1 Å². The van der Waals surface area contributed by atoms with Crippen molar-refractivity contribution < 1.29 is 14.7 Å². The van der Waals surface area contributed by atoms with Crippen molar-refractivity contribution in [3.8, 4) is 0 Å². The number of hydrogen-bond acceptors (Lipinski definition) is 3. The van der Waals surface area contributed by atoms with Crippen molar-refractivity contribution in [3.63, 3.8) is 0 Å². The smallest absolute Gasteiger partial charge is 0.231 e. The highest BCUT2D eigenvalue weighted by atomic mass is 16.4. The standard InChI is InChI=1S/C18H19NO3/c1-3-15(13-7-5-4-6-8-13)17(20)19-16-11-14(18(21)22)10-9-12(16)2/h4-11,15H,3H2,1-2H3,(H,19,20)(H,21,22)/p-1/t15-/m1/s1. The molecule has 0 aliphatic carbocycles. The molecule has 1 atom stereocenters. The number of benzene rings is 2. The first-order valence-electron chi connectivity index (χ1n) is 7.20. The van der Waals surface area contributed by atoms with Crippen LogP contribution in [-0.2, 0) is 4.79 Å². The van der Waals surface area contributed by atoms with Gasteiger partial charge in [0.15, 0.2) is 0 Å². The molecule has 1 N–H and O–H groups in total. The van der Waals surface area contributed by atoms with Gasteiger partial charge in [0, 0.05) is 5.69 Å². The summed E-state index contributed by atoms with van der Waals surface area (Å²) in [5, 5.41) is 13.8. The van der Waals surface area contributed by atoms with E-state index in [9.17, 15) is 14.7 Å².